The molecule has 8 heteroatoms. The maximum atomic E-state index is 5.75. The highest BCUT2D eigenvalue weighted by atomic mass is 32.2. The number of nitrogens with one attached hydrogen (secondary N) is 1. The summed E-state index contributed by atoms with van der Waals surface area (Å²) < 4.78 is 1.88. The molecule has 0 aliphatic heterocycles. The lowest BCUT2D eigenvalue weighted by atomic mass is 10.3. The molecule has 7 nitrogen and oxygen atoms in total. The molecule has 2 aromatic heterocycles. The van der Waals surface area contributed by atoms with Crippen molar-refractivity contribution in [1.29, 1.82) is 0 Å². The fraction of sp³-hybridized carbons (Fsp3) is 0.143. The van der Waals surface area contributed by atoms with Gasteiger partial charge in [-0.2, -0.15) is 15.0 Å². The summed E-state index contributed by atoms with van der Waals surface area (Å²) in [7, 11) is 1.90. The number of nitrogens with zero attached hydrogens (tertiary/aromatic N) is 5. The Bertz CT molecular complexity index is 718. The van der Waals surface area contributed by atoms with Gasteiger partial charge < -0.3 is 15.6 Å². The quantitative estimate of drug-likeness (QED) is 0.790. The van der Waals surface area contributed by atoms with Crippen molar-refractivity contribution in [3.05, 3.63) is 49.0 Å². The summed E-state index contributed by atoms with van der Waals surface area (Å²) >= 11 is 1.32. The average Bonchev–Trinajstić information content (AvgIpc) is 2.84. The fourth-order valence-electron chi connectivity index (χ4n) is 1.58. The minimum absolute atomic E-state index is 0.146. The first kappa shape index (κ1) is 15.8. The highest BCUT2D eigenvalue weighted by Gasteiger charge is 2.09. The Morgan fingerprint density at radius 3 is 2.86 bits per heavy atom. The molecule has 2 rings (SSSR count). The van der Waals surface area contributed by atoms with Crippen LogP contribution in [0.15, 0.2) is 59.3 Å². The third kappa shape index (κ3) is 4.19. The van der Waals surface area contributed by atoms with Crippen molar-refractivity contribution in [1.82, 2.24) is 24.5 Å². The van der Waals surface area contributed by atoms with Gasteiger partial charge in [-0.3, -0.25) is 0 Å². The van der Waals surface area contributed by atoms with Gasteiger partial charge in [0, 0.05) is 25.1 Å². The van der Waals surface area contributed by atoms with Crippen LogP contribution in [0.2, 0.25) is 0 Å². The molecule has 0 fully saturated rings. The van der Waals surface area contributed by atoms with E-state index < -0.39 is 0 Å². The number of rotatable bonds is 6. The molecule has 0 saturated heterocycles. The Labute approximate surface area is 133 Å². The lowest BCUT2D eigenvalue weighted by molar-refractivity contribution is 0.784. The molecule has 0 bridgehead atoms. The van der Waals surface area contributed by atoms with Gasteiger partial charge >= 0.3 is 0 Å². The number of imidazole rings is 1. The van der Waals surface area contributed by atoms with E-state index in [1.165, 1.54) is 11.8 Å². The molecule has 0 aromatic carbocycles. The summed E-state index contributed by atoms with van der Waals surface area (Å²) in [4.78, 5) is 16.8. The Morgan fingerprint density at radius 1 is 1.41 bits per heavy atom. The Balaban J connectivity index is 2.24. The Morgan fingerprint density at radius 2 is 2.23 bits per heavy atom. The lowest BCUT2D eigenvalue weighted by Crippen LogP contribution is -2.07. The van der Waals surface area contributed by atoms with Crippen LogP contribution in [0, 0.1) is 0 Å². The Hall–Kier alpha value is -2.61. The maximum absolute atomic E-state index is 5.75. The van der Waals surface area contributed by atoms with Crippen molar-refractivity contribution in [2.45, 2.75) is 17.2 Å². The van der Waals surface area contributed by atoms with Crippen LogP contribution in [0.25, 0.3) is 0 Å². The van der Waals surface area contributed by atoms with Crippen molar-refractivity contribution in [2.75, 3.05) is 11.1 Å². The van der Waals surface area contributed by atoms with Gasteiger partial charge in [0.1, 0.15) is 0 Å². The highest BCUT2D eigenvalue weighted by molar-refractivity contribution is 7.99. The zero-order valence-corrected chi connectivity index (χ0v) is 13.2. The van der Waals surface area contributed by atoms with Gasteiger partial charge in [-0.15, -0.1) is 0 Å². The first-order valence-corrected chi connectivity index (χ1v) is 7.33. The predicted octanol–water partition coefficient (Wildman–Crippen LogP) is 2.40. The molecular formula is C14H17N7S. The third-order valence-corrected chi connectivity index (χ3v) is 3.43. The molecule has 2 heterocycles. The summed E-state index contributed by atoms with van der Waals surface area (Å²) in [5, 5.41) is 4.32. The van der Waals surface area contributed by atoms with Gasteiger partial charge in [0.25, 0.3) is 0 Å². The first-order valence-electron chi connectivity index (χ1n) is 6.51. The molecule has 0 saturated carbocycles. The summed E-state index contributed by atoms with van der Waals surface area (Å²) in [5.41, 5.74) is 6.55. The molecule has 0 unspecified atom stereocenters. The van der Waals surface area contributed by atoms with E-state index in [-0.39, 0.29) is 5.95 Å². The van der Waals surface area contributed by atoms with Crippen LogP contribution in [-0.4, -0.2) is 24.5 Å². The molecule has 22 heavy (non-hydrogen) atoms. The predicted molar refractivity (Wildman–Crippen MR) is 88.3 cm³/mol. The van der Waals surface area contributed by atoms with Crippen LogP contribution in [-0.2, 0) is 7.05 Å². The lowest BCUT2D eigenvalue weighted by Gasteiger charge is -2.07. The SMILES string of the molecule is C=C/C=C(\C=C/C)Nc1nc(N)nc(Sc2nccn2C)n1. The Kier molecular flexibility index (Phi) is 5.31. The van der Waals surface area contributed by atoms with E-state index in [0.29, 0.717) is 11.1 Å². The molecule has 0 aliphatic rings. The van der Waals surface area contributed by atoms with Gasteiger partial charge in [-0.1, -0.05) is 18.7 Å². The second kappa shape index (κ2) is 7.41. The number of anilines is 2. The molecule has 0 radical (unpaired) electrons. The molecule has 0 amide bonds. The number of nitrogen functional groups attached to an aromatic ring is 1. The second-order valence-electron chi connectivity index (χ2n) is 4.21. The summed E-state index contributed by atoms with van der Waals surface area (Å²) in [6.07, 6.45) is 10.8. The minimum atomic E-state index is 0.146. The van der Waals surface area contributed by atoms with Crippen LogP contribution < -0.4 is 11.1 Å². The van der Waals surface area contributed by atoms with Gasteiger partial charge in [0.15, 0.2) is 5.16 Å². The second-order valence-corrected chi connectivity index (χ2v) is 5.14. The molecule has 0 aliphatic carbocycles. The molecule has 0 spiro atoms. The minimum Gasteiger partial charge on any atom is -0.368 e. The van der Waals surface area contributed by atoms with Gasteiger partial charge in [0.05, 0.1) is 0 Å². The number of allylic oxidation sites excluding steroid dienone is 4. The third-order valence-electron chi connectivity index (χ3n) is 2.49. The van der Waals surface area contributed by atoms with E-state index in [1.54, 1.807) is 12.3 Å². The van der Waals surface area contributed by atoms with E-state index in [2.05, 4.69) is 31.8 Å². The largest absolute Gasteiger partial charge is 0.368 e. The number of nitrogens with two attached hydrogens (primary N) is 1. The van der Waals surface area contributed by atoms with Crippen molar-refractivity contribution in [3.8, 4) is 0 Å². The molecular weight excluding hydrogens is 298 g/mol. The van der Waals surface area contributed by atoms with Crippen LogP contribution in [0.5, 0.6) is 0 Å². The molecule has 3 N–H and O–H groups in total. The van der Waals surface area contributed by atoms with Gasteiger partial charge in [0.2, 0.25) is 17.1 Å². The zero-order valence-electron chi connectivity index (χ0n) is 12.4. The van der Waals surface area contributed by atoms with Crippen molar-refractivity contribution in [3.63, 3.8) is 0 Å². The number of aromatic nitrogens is 5. The average molecular weight is 315 g/mol. The van der Waals surface area contributed by atoms with Gasteiger partial charge in [-0.05, 0) is 30.8 Å². The number of hydrogen-bond acceptors (Lipinski definition) is 7. The zero-order chi connectivity index (χ0) is 15.9. The first-order chi connectivity index (χ1) is 10.6. The van der Waals surface area contributed by atoms with E-state index in [4.69, 9.17) is 5.73 Å². The molecule has 2 aromatic rings. The van der Waals surface area contributed by atoms with Crippen LogP contribution in [0.3, 0.4) is 0 Å². The van der Waals surface area contributed by atoms with E-state index >= 15 is 0 Å². The monoisotopic (exact) mass is 315 g/mol. The van der Waals surface area contributed by atoms with Crippen molar-refractivity contribution >= 4 is 23.7 Å². The van der Waals surface area contributed by atoms with Crippen molar-refractivity contribution < 1.29 is 0 Å². The van der Waals surface area contributed by atoms with Crippen molar-refractivity contribution in [2.24, 2.45) is 7.05 Å². The molecule has 0 atom stereocenters. The smallest absolute Gasteiger partial charge is 0.233 e. The van der Waals surface area contributed by atoms with Gasteiger partial charge in [-0.25, -0.2) is 4.98 Å². The fourth-order valence-corrected chi connectivity index (χ4v) is 2.33. The van der Waals surface area contributed by atoms with Crippen LogP contribution >= 0.6 is 11.8 Å². The van der Waals surface area contributed by atoms with Crippen LogP contribution in [0.1, 0.15) is 6.92 Å². The highest BCUT2D eigenvalue weighted by Crippen LogP contribution is 2.23. The van der Waals surface area contributed by atoms with E-state index in [1.807, 2.05) is 43.0 Å². The maximum Gasteiger partial charge on any atom is 0.233 e. The van der Waals surface area contributed by atoms with Crippen LogP contribution in [0.4, 0.5) is 11.9 Å². The standard InChI is InChI=1S/C14H17N7S/c1-4-6-10(7-5-2)17-12-18-11(15)19-13(20-12)22-14-16-8-9-21(14)3/h4-9H,1H2,2-3H3,(H3,15,17,18,19,20)/b7-5-,10-6+. The summed E-state index contributed by atoms with van der Waals surface area (Å²) in [6, 6.07) is 0. The summed E-state index contributed by atoms with van der Waals surface area (Å²) in [6.45, 7) is 5.60. The normalized spacial score (nSPS) is 11.8. The van der Waals surface area contributed by atoms with E-state index in [0.717, 1.165) is 10.9 Å². The molecule has 114 valence electrons. The number of aryl methyl sites for hydroxylation is 1. The number of hydrogen-bond donors (Lipinski definition) is 2. The topological polar surface area (TPSA) is 94.5 Å². The van der Waals surface area contributed by atoms with E-state index in [9.17, 15) is 0 Å². The summed E-state index contributed by atoms with van der Waals surface area (Å²) in [5.74, 6) is 0.517.